The van der Waals surface area contributed by atoms with Crippen molar-refractivity contribution >= 4 is 28.2 Å². The first kappa shape index (κ1) is 27.2. The van der Waals surface area contributed by atoms with E-state index in [2.05, 4.69) is 15.9 Å². The van der Waals surface area contributed by atoms with Crippen LogP contribution in [0.4, 0.5) is 5.69 Å². The van der Waals surface area contributed by atoms with Crippen LogP contribution in [-0.2, 0) is 0 Å². The van der Waals surface area contributed by atoms with Crippen molar-refractivity contribution in [2.45, 2.75) is 12.5 Å². The number of pyridine rings is 1. The number of nitrogens with one attached hydrogen (secondary N) is 1. The van der Waals surface area contributed by atoms with Gasteiger partial charge in [0.2, 0.25) is 0 Å². The van der Waals surface area contributed by atoms with Crippen LogP contribution < -0.4 is 21.3 Å². The Hall–Kier alpha value is -3.41. The van der Waals surface area contributed by atoms with Crippen LogP contribution in [0.25, 0.3) is 33.4 Å². The molecule has 10 nitrogen and oxygen atoms in total. The fourth-order valence-electron chi connectivity index (χ4n) is 3.30. The highest BCUT2D eigenvalue weighted by Gasteiger charge is 2.25. The summed E-state index contributed by atoms with van der Waals surface area (Å²) in [6, 6.07) is 12.7. The minimum Gasteiger partial charge on any atom is -0.871 e. The van der Waals surface area contributed by atoms with E-state index < -0.39 is 16.8 Å². The third-order valence-corrected chi connectivity index (χ3v) is 5.94. The molecule has 0 amide bonds. The second-order valence-electron chi connectivity index (χ2n) is 8.78. The monoisotopic (exact) mass is 516 g/mol. The second-order valence-corrected chi connectivity index (χ2v) is 9.19. The molecule has 0 spiro atoms. The summed E-state index contributed by atoms with van der Waals surface area (Å²) in [7, 11) is 3.93. The number of aryl methyl sites for hydroxylation is 1. The molecule has 0 aliphatic heterocycles. The third kappa shape index (κ3) is 5.69. The van der Waals surface area contributed by atoms with E-state index in [1.807, 2.05) is 43.3 Å². The molecule has 4 rings (SSSR count). The summed E-state index contributed by atoms with van der Waals surface area (Å²) in [6.07, 6.45) is 0. The molecule has 2 heterocycles. The number of hydrogen-bond donors (Lipinski definition) is 5. The lowest BCUT2D eigenvalue weighted by Crippen LogP contribution is -2.78. The standard InChI is InChI=1S/C21H18ClN3O3.C4H11NO3/c1-11-8-18(28-24-11)19-20(26)15-9-14(16(22)10-17(15)23-21(19)27)12-4-6-13(7-5-12)25(2)3;5-4(1-6,2-7)3-8/h4-10H,1-3H3,(H2,23,26,27);6-8H,1-3,5H2. The van der Waals surface area contributed by atoms with Crippen molar-refractivity contribution in [2.75, 3.05) is 38.8 Å². The Morgan fingerprint density at radius 2 is 1.72 bits per heavy atom. The fourth-order valence-corrected chi connectivity index (χ4v) is 3.58. The molecule has 0 aliphatic rings. The largest absolute Gasteiger partial charge is 0.871 e. The average Bonchev–Trinajstić information content (AvgIpc) is 3.29. The van der Waals surface area contributed by atoms with Gasteiger partial charge < -0.3 is 40.6 Å². The van der Waals surface area contributed by atoms with E-state index in [4.69, 9.17) is 31.4 Å². The van der Waals surface area contributed by atoms with E-state index in [-0.39, 0.29) is 31.1 Å². The molecule has 192 valence electrons. The molecule has 0 unspecified atom stereocenters. The van der Waals surface area contributed by atoms with E-state index in [9.17, 15) is 9.90 Å². The van der Waals surface area contributed by atoms with E-state index >= 15 is 0 Å². The van der Waals surface area contributed by atoms with Crippen molar-refractivity contribution in [1.82, 2.24) is 10.1 Å². The molecule has 0 saturated carbocycles. The molecular weight excluding hydrogens is 488 g/mol. The number of nitrogens with zero attached hydrogens (tertiary/aromatic N) is 2. The lowest BCUT2D eigenvalue weighted by atomic mass is 10.0. The van der Waals surface area contributed by atoms with Crippen LogP contribution in [0.1, 0.15) is 5.69 Å². The molecule has 0 atom stereocenters. The van der Waals surface area contributed by atoms with Gasteiger partial charge in [0.1, 0.15) is 19.8 Å². The molecule has 7 N–H and O–H groups in total. The number of quaternary nitrogens is 1. The average molecular weight is 517 g/mol. The van der Waals surface area contributed by atoms with E-state index in [1.54, 1.807) is 25.1 Å². The smallest absolute Gasteiger partial charge is 0.258 e. The number of anilines is 1. The van der Waals surface area contributed by atoms with Crippen LogP contribution in [0.3, 0.4) is 0 Å². The third-order valence-electron chi connectivity index (χ3n) is 5.63. The van der Waals surface area contributed by atoms with Crippen LogP contribution in [0.15, 0.2) is 51.8 Å². The quantitative estimate of drug-likeness (QED) is 0.251. The molecule has 0 radical (unpaired) electrons. The molecule has 36 heavy (non-hydrogen) atoms. The molecule has 0 fully saturated rings. The number of H-pyrrole nitrogens is 1. The fraction of sp³-hybridized carbons (Fsp3) is 0.280. The minimum absolute atomic E-state index is 0.0654. The van der Waals surface area contributed by atoms with Crippen molar-refractivity contribution in [3.63, 3.8) is 0 Å². The van der Waals surface area contributed by atoms with Crippen LogP contribution in [0.2, 0.25) is 5.02 Å². The first-order valence-electron chi connectivity index (χ1n) is 11.0. The van der Waals surface area contributed by atoms with Crippen molar-refractivity contribution in [2.24, 2.45) is 0 Å². The highest BCUT2D eigenvalue weighted by Crippen LogP contribution is 2.37. The summed E-state index contributed by atoms with van der Waals surface area (Å²) < 4.78 is 5.13. The zero-order chi connectivity index (χ0) is 26.6. The Bertz CT molecular complexity index is 1390. The molecule has 2 aromatic carbocycles. The number of halogens is 1. The highest BCUT2D eigenvalue weighted by molar-refractivity contribution is 6.34. The maximum Gasteiger partial charge on any atom is 0.258 e. The molecule has 4 aromatic rings. The van der Waals surface area contributed by atoms with Gasteiger partial charge in [-0.25, -0.2) is 0 Å². The Morgan fingerprint density at radius 3 is 2.19 bits per heavy atom. The minimum atomic E-state index is -0.958. The van der Waals surface area contributed by atoms with Crippen molar-refractivity contribution < 1.29 is 30.7 Å². The van der Waals surface area contributed by atoms with Crippen LogP contribution in [0.5, 0.6) is 5.75 Å². The van der Waals surface area contributed by atoms with Crippen LogP contribution in [-0.4, -0.2) is 64.9 Å². The summed E-state index contributed by atoms with van der Waals surface area (Å²) in [5.41, 5.74) is 5.43. The van der Waals surface area contributed by atoms with Crippen LogP contribution >= 0.6 is 11.6 Å². The molecule has 2 aromatic heterocycles. The summed E-state index contributed by atoms with van der Waals surface area (Å²) in [4.78, 5) is 17.2. The predicted octanol–water partition coefficient (Wildman–Crippen LogP) is 0.896. The summed E-state index contributed by atoms with van der Waals surface area (Å²) in [5, 5.41) is 42.8. The van der Waals surface area contributed by atoms with Gasteiger partial charge in [-0.1, -0.05) is 34.6 Å². The molecule has 0 saturated heterocycles. The van der Waals surface area contributed by atoms with Gasteiger partial charge in [0.15, 0.2) is 11.3 Å². The Labute approximate surface area is 212 Å². The van der Waals surface area contributed by atoms with Crippen molar-refractivity contribution in [1.29, 1.82) is 0 Å². The SMILES string of the molecule is Cc1cc(-c2c([O-])c3cc(-c4ccc(N(C)C)cc4)c(Cl)cc3[nH]c2=O)on1.[NH3+]C(CO)(CO)CO. The summed E-state index contributed by atoms with van der Waals surface area (Å²) in [5.74, 6) is -0.268. The molecule has 11 heteroatoms. The maximum absolute atomic E-state index is 13.0. The number of aromatic amines is 1. The van der Waals surface area contributed by atoms with E-state index in [0.29, 0.717) is 27.2 Å². The van der Waals surface area contributed by atoms with Gasteiger partial charge in [0, 0.05) is 36.9 Å². The van der Waals surface area contributed by atoms with Gasteiger partial charge in [0.25, 0.3) is 5.56 Å². The number of benzene rings is 2. The topological polar surface area (TPSA) is 174 Å². The van der Waals surface area contributed by atoms with Crippen molar-refractivity contribution in [3.05, 3.63) is 63.5 Å². The molecule has 0 bridgehead atoms. The molecule has 0 aliphatic carbocycles. The summed E-state index contributed by atoms with van der Waals surface area (Å²) >= 11 is 6.44. The van der Waals surface area contributed by atoms with Gasteiger partial charge >= 0.3 is 0 Å². The lowest BCUT2D eigenvalue weighted by molar-refractivity contribution is -0.494. The van der Waals surface area contributed by atoms with Gasteiger partial charge in [-0.2, -0.15) is 0 Å². The van der Waals surface area contributed by atoms with Gasteiger partial charge in [-0.15, -0.1) is 0 Å². The van der Waals surface area contributed by atoms with Gasteiger partial charge in [0.05, 0.1) is 16.3 Å². The normalized spacial score (nSPS) is 11.3. The highest BCUT2D eigenvalue weighted by atomic mass is 35.5. The van der Waals surface area contributed by atoms with Crippen molar-refractivity contribution in [3.8, 4) is 28.2 Å². The number of rotatable bonds is 6. The van der Waals surface area contributed by atoms with E-state index in [1.165, 1.54) is 0 Å². The first-order valence-corrected chi connectivity index (χ1v) is 11.4. The van der Waals surface area contributed by atoms with Crippen LogP contribution in [0, 0.1) is 6.92 Å². The first-order chi connectivity index (χ1) is 17.0. The van der Waals surface area contributed by atoms with Gasteiger partial charge in [-0.05, 0) is 42.1 Å². The second kappa shape index (κ2) is 11.1. The number of hydrogen-bond acceptors (Lipinski definition) is 8. The Balaban J connectivity index is 0.000000392. The molecular formula is C25H29ClN4O6. The van der Waals surface area contributed by atoms with E-state index in [0.717, 1.165) is 11.3 Å². The summed E-state index contributed by atoms with van der Waals surface area (Å²) in [6.45, 7) is 0.849. The zero-order valence-corrected chi connectivity index (χ0v) is 21.0. The van der Waals surface area contributed by atoms with Gasteiger partial charge in [-0.3, -0.25) is 4.79 Å². The Kier molecular flexibility index (Phi) is 8.39. The maximum atomic E-state index is 13.0. The number of aliphatic hydroxyl groups excluding tert-OH is 3. The number of aliphatic hydroxyl groups is 3. The number of fused-ring (bicyclic) bond motifs is 1. The lowest BCUT2D eigenvalue weighted by Gasteiger charge is -2.17. The predicted molar refractivity (Wildman–Crippen MR) is 136 cm³/mol. The number of aromatic nitrogens is 2. The Morgan fingerprint density at radius 1 is 1.11 bits per heavy atom. The zero-order valence-electron chi connectivity index (χ0n) is 20.2.